The highest BCUT2D eigenvalue weighted by Gasteiger charge is 2.30. The standard InChI is InChI=1S/C10H20O3S2/c1-9(2,3)7-10(14,15)6-8(12)13-5-4-11/h11,14-15H,4-7H2,1-3H3. The summed E-state index contributed by atoms with van der Waals surface area (Å²) in [6, 6.07) is 0. The van der Waals surface area contributed by atoms with E-state index in [1.165, 1.54) is 0 Å². The third kappa shape index (κ3) is 9.08. The van der Waals surface area contributed by atoms with Crippen LogP contribution in [0.15, 0.2) is 0 Å². The number of esters is 1. The van der Waals surface area contributed by atoms with Gasteiger partial charge in [-0.3, -0.25) is 4.79 Å². The molecule has 1 N–H and O–H groups in total. The highest BCUT2D eigenvalue weighted by Crippen LogP contribution is 2.37. The number of aliphatic hydroxyl groups is 1. The highest BCUT2D eigenvalue weighted by molar-refractivity contribution is 8.00. The molecule has 0 aliphatic rings. The molecule has 0 aromatic rings. The molecule has 0 rings (SSSR count). The Bertz CT molecular complexity index is 209. The average Bonchev–Trinajstić information content (AvgIpc) is 1.94. The molecule has 3 nitrogen and oxygen atoms in total. The minimum atomic E-state index is -0.662. The van der Waals surface area contributed by atoms with Gasteiger partial charge in [0.2, 0.25) is 0 Å². The van der Waals surface area contributed by atoms with Crippen molar-refractivity contribution in [2.75, 3.05) is 13.2 Å². The Balaban J connectivity index is 4.07. The lowest BCUT2D eigenvalue weighted by atomic mass is 9.89. The summed E-state index contributed by atoms with van der Waals surface area (Å²) < 4.78 is 4.09. The third-order valence-electron chi connectivity index (χ3n) is 1.60. The fourth-order valence-corrected chi connectivity index (χ4v) is 2.56. The molecule has 0 aliphatic carbocycles. The van der Waals surface area contributed by atoms with Crippen molar-refractivity contribution >= 4 is 31.2 Å². The maximum Gasteiger partial charge on any atom is 0.308 e. The second kappa shape index (κ2) is 6.01. The Morgan fingerprint density at radius 1 is 1.33 bits per heavy atom. The molecule has 0 atom stereocenters. The van der Waals surface area contributed by atoms with Gasteiger partial charge in [0.15, 0.2) is 0 Å². The monoisotopic (exact) mass is 252 g/mol. The third-order valence-corrected chi connectivity index (χ3v) is 2.23. The van der Waals surface area contributed by atoms with Crippen LogP contribution in [0.4, 0.5) is 0 Å². The molecule has 0 aliphatic heterocycles. The average molecular weight is 252 g/mol. The first-order chi connectivity index (χ1) is 6.66. The van der Waals surface area contributed by atoms with Crippen LogP contribution in [0, 0.1) is 5.41 Å². The molecule has 0 radical (unpaired) electrons. The van der Waals surface area contributed by atoms with Gasteiger partial charge in [-0.2, -0.15) is 25.3 Å². The van der Waals surface area contributed by atoms with E-state index < -0.39 is 4.08 Å². The summed E-state index contributed by atoms with van der Waals surface area (Å²) in [6.45, 7) is 6.07. The van der Waals surface area contributed by atoms with Crippen molar-refractivity contribution in [3.63, 3.8) is 0 Å². The highest BCUT2D eigenvalue weighted by atomic mass is 32.2. The van der Waals surface area contributed by atoms with Gasteiger partial charge >= 0.3 is 5.97 Å². The summed E-state index contributed by atoms with van der Waals surface area (Å²) in [6.07, 6.45) is 0.830. The van der Waals surface area contributed by atoms with Gasteiger partial charge in [0, 0.05) is 0 Å². The maximum absolute atomic E-state index is 11.3. The number of hydrogen-bond donors (Lipinski definition) is 3. The lowest BCUT2D eigenvalue weighted by molar-refractivity contribution is -0.144. The Morgan fingerprint density at radius 2 is 1.87 bits per heavy atom. The summed E-state index contributed by atoms with van der Waals surface area (Å²) in [4.78, 5) is 11.3. The van der Waals surface area contributed by atoms with E-state index >= 15 is 0 Å². The summed E-state index contributed by atoms with van der Waals surface area (Å²) >= 11 is 8.69. The predicted molar refractivity (Wildman–Crippen MR) is 67.4 cm³/mol. The summed E-state index contributed by atoms with van der Waals surface area (Å²) in [5.41, 5.74) is 0.0563. The number of thiol groups is 2. The van der Waals surface area contributed by atoms with Gasteiger partial charge in [0.05, 0.1) is 17.1 Å². The zero-order valence-corrected chi connectivity index (χ0v) is 11.3. The van der Waals surface area contributed by atoms with Crippen LogP contribution in [0.25, 0.3) is 0 Å². The lowest BCUT2D eigenvalue weighted by Gasteiger charge is -2.29. The lowest BCUT2D eigenvalue weighted by Crippen LogP contribution is -2.26. The minimum absolute atomic E-state index is 0.0337. The molecular weight excluding hydrogens is 232 g/mol. The van der Waals surface area contributed by atoms with Gasteiger partial charge in [-0.25, -0.2) is 0 Å². The first kappa shape index (κ1) is 15.1. The van der Waals surface area contributed by atoms with Crippen LogP contribution in [0.5, 0.6) is 0 Å². The Hall–Kier alpha value is 0.130. The van der Waals surface area contributed by atoms with E-state index in [4.69, 9.17) is 9.84 Å². The van der Waals surface area contributed by atoms with Crippen LogP contribution in [0.3, 0.4) is 0 Å². The summed E-state index contributed by atoms with van der Waals surface area (Å²) in [7, 11) is 0. The minimum Gasteiger partial charge on any atom is -0.463 e. The van der Waals surface area contributed by atoms with Crippen LogP contribution in [-0.4, -0.2) is 28.4 Å². The molecule has 0 bridgehead atoms. The van der Waals surface area contributed by atoms with Crippen molar-refractivity contribution in [3.8, 4) is 0 Å². The number of aliphatic hydroxyl groups excluding tert-OH is 1. The molecule has 0 fully saturated rings. The van der Waals surface area contributed by atoms with Crippen molar-refractivity contribution in [1.29, 1.82) is 0 Å². The number of carbonyl (C=O) groups is 1. The van der Waals surface area contributed by atoms with Gasteiger partial charge in [-0.1, -0.05) is 20.8 Å². The van der Waals surface area contributed by atoms with Gasteiger partial charge in [0.25, 0.3) is 0 Å². The number of carbonyl (C=O) groups excluding carboxylic acids is 1. The zero-order chi connectivity index (χ0) is 12.1. The Labute approximate surface area is 102 Å². The fraction of sp³-hybridized carbons (Fsp3) is 0.900. The number of hydrogen-bond acceptors (Lipinski definition) is 5. The smallest absolute Gasteiger partial charge is 0.308 e. The quantitative estimate of drug-likeness (QED) is 0.398. The van der Waals surface area contributed by atoms with E-state index in [0.29, 0.717) is 6.42 Å². The van der Waals surface area contributed by atoms with E-state index in [9.17, 15) is 4.79 Å². The molecule has 0 saturated carbocycles. The second-order valence-electron chi connectivity index (χ2n) is 4.84. The van der Waals surface area contributed by atoms with Crippen molar-refractivity contribution in [2.45, 2.75) is 37.7 Å². The van der Waals surface area contributed by atoms with Crippen LogP contribution in [0.1, 0.15) is 33.6 Å². The summed E-state index contributed by atoms with van der Waals surface area (Å²) in [5, 5.41) is 8.48. The van der Waals surface area contributed by atoms with Crippen molar-refractivity contribution in [2.24, 2.45) is 5.41 Å². The molecule has 15 heavy (non-hydrogen) atoms. The molecule has 0 aromatic carbocycles. The van der Waals surface area contributed by atoms with Crippen LogP contribution < -0.4 is 0 Å². The first-order valence-corrected chi connectivity index (χ1v) is 5.77. The Morgan fingerprint density at radius 3 is 2.27 bits per heavy atom. The van der Waals surface area contributed by atoms with Gasteiger partial charge in [0.1, 0.15) is 6.61 Å². The van der Waals surface area contributed by atoms with E-state index in [0.717, 1.165) is 0 Å². The normalized spacial score (nSPS) is 12.7. The molecule has 0 unspecified atom stereocenters. The van der Waals surface area contributed by atoms with E-state index in [-0.39, 0.29) is 31.0 Å². The molecule has 0 aromatic heterocycles. The molecular formula is C10H20O3S2. The van der Waals surface area contributed by atoms with Gasteiger partial charge < -0.3 is 9.84 Å². The predicted octanol–water partition coefficient (Wildman–Crippen LogP) is 1.90. The molecule has 0 saturated heterocycles. The first-order valence-electron chi connectivity index (χ1n) is 4.87. The van der Waals surface area contributed by atoms with E-state index in [2.05, 4.69) is 46.0 Å². The van der Waals surface area contributed by atoms with Crippen LogP contribution in [0.2, 0.25) is 0 Å². The van der Waals surface area contributed by atoms with Gasteiger partial charge in [-0.15, -0.1) is 0 Å². The fourth-order valence-electron chi connectivity index (χ4n) is 1.35. The van der Waals surface area contributed by atoms with Crippen molar-refractivity contribution in [1.82, 2.24) is 0 Å². The van der Waals surface area contributed by atoms with Gasteiger partial charge in [-0.05, 0) is 11.8 Å². The number of ether oxygens (including phenoxy) is 1. The number of rotatable bonds is 5. The summed E-state index contributed by atoms with van der Waals surface area (Å²) in [5.74, 6) is -0.377. The van der Waals surface area contributed by atoms with Crippen LogP contribution in [-0.2, 0) is 9.53 Å². The molecule has 0 amide bonds. The largest absolute Gasteiger partial charge is 0.463 e. The molecule has 0 spiro atoms. The molecule has 5 heteroatoms. The van der Waals surface area contributed by atoms with E-state index in [1.807, 2.05) is 0 Å². The molecule has 0 heterocycles. The van der Waals surface area contributed by atoms with Crippen molar-refractivity contribution in [3.05, 3.63) is 0 Å². The SMILES string of the molecule is CC(C)(C)CC(S)(S)CC(=O)OCCO. The maximum atomic E-state index is 11.3. The zero-order valence-electron chi connectivity index (χ0n) is 9.49. The van der Waals surface area contributed by atoms with Crippen molar-refractivity contribution < 1.29 is 14.6 Å². The Kier molecular flexibility index (Phi) is 6.06. The van der Waals surface area contributed by atoms with Crippen LogP contribution >= 0.6 is 25.3 Å². The topological polar surface area (TPSA) is 46.5 Å². The van der Waals surface area contributed by atoms with E-state index in [1.54, 1.807) is 0 Å². The second-order valence-corrected chi connectivity index (χ2v) is 6.91. The molecule has 90 valence electrons.